The second kappa shape index (κ2) is 5.91. The summed E-state index contributed by atoms with van der Waals surface area (Å²) < 4.78 is 0. The van der Waals surface area contributed by atoms with E-state index in [9.17, 15) is 9.59 Å². The maximum absolute atomic E-state index is 12.1. The molecule has 1 aliphatic rings. The van der Waals surface area contributed by atoms with Crippen molar-refractivity contribution >= 4 is 22.7 Å². The average molecular weight is 283 g/mol. The van der Waals surface area contributed by atoms with Crippen LogP contribution >= 0.6 is 0 Å². The van der Waals surface area contributed by atoms with Gasteiger partial charge in [0.05, 0.1) is 11.4 Å². The Labute approximate surface area is 122 Å². The molecule has 1 fully saturated rings. The van der Waals surface area contributed by atoms with Gasteiger partial charge in [0.1, 0.15) is 0 Å². The lowest BCUT2D eigenvalue weighted by molar-refractivity contribution is -0.129. The number of aromatic nitrogens is 1. The molecule has 21 heavy (non-hydrogen) atoms. The number of nitrogens with zero attached hydrogens (tertiary/aromatic N) is 1. The quantitative estimate of drug-likeness (QED) is 0.894. The van der Waals surface area contributed by atoms with Gasteiger partial charge in [-0.05, 0) is 18.1 Å². The molecule has 2 N–H and O–H groups in total. The molecule has 1 aliphatic heterocycles. The molecule has 0 spiro atoms. The van der Waals surface area contributed by atoms with Crippen molar-refractivity contribution in [2.45, 2.75) is 19.4 Å². The molecular weight excluding hydrogens is 266 g/mol. The molecule has 2 aromatic rings. The number of carbonyl (C=O) groups is 2. The predicted octanol–water partition coefficient (Wildman–Crippen LogP) is 1.38. The van der Waals surface area contributed by atoms with Gasteiger partial charge in [-0.1, -0.05) is 24.3 Å². The van der Waals surface area contributed by atoms with Gasteiger partial charge in [0, 0.05) is 31.1 Å². The summed E-state index contributed by atoms with van der Waals surface area (Å²) in [6.45, 7) is 0.885. The minimum absolute atomic E-state index is 0.0112. The Morgan fingerprint density at radius 2 is 2.19 bits per heavy atom. The summed E-state index contributed by atoms with van der Waals surface area (Å²) in [6.07, 6.45) is 2.80. The SMILES string of the molecule is O=C1CCC(C(=O)NCc2cccc3cccnc23)CN1. The summed E-state index contributed by atoms with van der Waals surface area (Å²) in [5, 5.41) is 6.74. The number of hydrogen-bond donors (Lipinski definition) is 2. The van der Waals surface area contributed by atoms with Gasteiger partial charge in [-0.3, -0.25) is 14.6 Å². The van der Waals surface area contributed by atoms with E-state index in [0.29, 0.717) is 25.9 Å². The zero-order chi connectivity index (χ0) is 14.7. The lowest BCUT2D eigenvalue weighted by Crippen LogP contribution is -2.42. The first-order chi connectivity index (χ1) is 10.2. The minimum atomic E-state index is -0.134. The zero-order valence-corrected chi connectivity index (χ0v) is 11.6. The molecule has 0 radical (unpaired) electrons. The van der Waals surface area contributed by atoms with Crippen LogP contribution in [0.1, 0.15) is 18.4 Å². The van der Waals surface area contributed by atoms with Crippen LogP contribution < -0.4 is 10.6 Å². The normalized spacial score (nSPS) is 18.3. The summed E-state index contributed by atoms with van der Waals surface area (Å²) >= 11 is 0. The Balaban J connectivity index is 1.66. The lowest BCUT2D eigenvalue weighted by Gasteiger charge is -2.21. The lowest BCUT2D eigenvalue weighted by atomic mass is 9.98. The van der Waals surface area contributed by atoms with Crippen LogP contribution in [0.25, 0.3) is 10.9 Å². The second-order valence-electron chi connectivity index (χ2n) is 5.25. The van der Waals surface area contributed by atoms with E-state index >= 15 is 0 Å². The highest BCUT2D eigenvalue weighted by molar-refractivity contribution is 5.85. The largest absolute Gasteiger partial charge is 0.355 e. The number of hydrogen-bond acceptors (Lipinski definition) is 3. The van der Waals surface area contributed by atoms with E-state index in [1.54, 1.807) is 6.20 Å². The molecule has 108 valence electrons. The number of amides is 2. The number of benzene rings is 1. The number of pyridine rings is 1. The van der Waals surface area contributed by atoms with E-state index in [2.05, 4.69) is 15.6 Å². The van der Waals surface area contributed by atoms with Crippen molar-refractivity contribution in [1.82, 2.24) is 15.6 Å². The van der Waals surface area contributed by atoms with Crippen molar-refractivity contribution in [2.75, 3.05) is 6.54 Å². The third kappa shape index (κ3) is 3.02. The van der Waals surface area contributed by atoms with E-state index < -0.39 is 0 Å². The molecule has 0 aliphatic carbocycles. The van der Waals surface area contributed by atoms with Crippen LogP contribution in [0.3, 0.4) is 0 Å². The molecular formula is C16H17N3O2. The van der Waals surface area contributed by atoms with Crippen LogP contribution in [0.2, 0.25) is 0 Å². The maximum atomic E-state index is 12.1. The summed E-state index contributed by atoms with van der Waals surface area (Å²) in [7, 11) is 0. The molecule has 0 bridgehead atoms. The summed E-state index contributed by atoms with van der Waals surface area (Å²) in [6, 6.07) is 9.84. The van der Waals surface area contributed by atoms with Gasteiger partial charge < -0.3 is 10.6 Å². The van der Waals surface area contributed by atoms with Gasteiger partial charge >= 0.3 is 0 Å². The standard InChI is InChI=1S/C16H17N3O2/c20-14-7-6-13(10-18-14)16(21)19-9-12-4-1-3-11-5-2-8-17-15(11)12/h1-5,8,13H,6-7,9-10H2,(H,18,20)(H,19,21). The highest BCUT2D eigenvalue weighted by atomic mass is 16.2. The highest BCUT2D eigenvalue weighted by Gasteiger charge is 2.24. The molecule has 1 atom stereocenters. The molecule has 2 heterocycles. The summed E-state index contributed by atoms with van der Waals surface area (Å²) in [5.41, 5.74) is 1.92. The maximum Gasteiger partial charge on any atom is 0.225 e. The molecule has 3 rings (SSSR count). The number of piperidine rings is 1. The molecule has 5 nitrogen and oxygen atoms in total. The van der Waals surface area contributed by atoms with Gasteiger partial charge in [0.15, 0.2) is 0 Å². The van der Waals surface area contributed by atoms with Crippen LogP contribution in [-0.4, -0.2) is 23.3 Å². The van der Waals surface area contributed by atoms with Crippen molar-refractivity contribution in [2.24, 2.45) is 5.92 Å². The third-order valence-corrected chi connectivity index (χ3v) is 3.81. The summed E-state index contributed by atoms with van der Waals surface area (Å²) in [4.78, 5) is 27.6. The molecule has 1 aromatic carbocycles. The Bertz CT molecular complexity index is 669. The Kier molecular flexibility index (Phi) is 3.81. The van der Waals surface area contributed by atoms with E-state index in [-0.39, 0.29) is 17.7 Å². The molecule has 1 saturated heterocycles. The van der Waals surface area contributed by atoms with Crippen LogP contribution in [0, 0.1) is 5.92 Å². The number of nitrogens with one attached hydrogen (secondary N) is 2. The Hall–Kier alpha value is -2.43. The summed E-state index contributed by atoms with van der Waals surface area (Å²) in [5.74, 6) is -0.120. The second-order valence-corrected chi connectivity index (χ2v) is 5.25. The Morgan fingerprint density at radius 1 is 1.33 bits per heavy atom. The highest BCUT2D eigenvalue weighted by Crippen LogP contribution is 2.16. The third-order valence-electron chi connectivity index (χ3n) is 3.81. The van der Waals surface area contributed by atoms with Crippen molar-refractivity contribution in [1.29, 1.82) is 0 Å². The number of fused-ring (bicyclic) bond motifs is 1. The molecule has 5 heteroatoms. The van der Waals surface area contributed by atoms with Crippen molar-refractivity contribution in [3.63, 3.8) is 0 Å². The fourth-order valence-corrected chi connectivity index (χ4v) is 2.59. The van der Waals surface area contributed by atoms with Gasteiger partial charge in [-0.25, -0.2) is 0 Å². The van der Waals surface area contributed by atoms with E-state index in [4.69, 9.17) is 0 Å². The first kappa shape index (κ1) is 13.5. The van der Waals surface area contributed by atoms with E-state index in [1.165, 1.54) is 0 Å². The monoisotopic (exact) mass is 283 g/mol. The molecule has 0 saturated carbocycles. The zero-order valence-electron chi connectivity index (χ0n) is 11.6. The Morgan fingerprint density at radius 3 is 3.00 bits per heavy atom. The van der Waals surface area contributed by atoms with Gasteiger partial charge in [0.25, 0.3) is 0 Å². The fourth-order valence-electron chi connectivity index (χ4n) is 2.59. The topological polar surface area (TPSA) is 71.1 Å². The fraction of sp³-hybridized carbons (Fsp3) is 0.312. The van der Waals surface area contributed by atoms with Gasteiger partial charge in [0.2, 0.25) is 11.8 Å². The minimum Gasteiger partial charge on any atom is -0.355 e. The van der Waals surface area contributed by atoms with Crippen LogP contribution in [0.4, 0.5) is 0 Å². The van der Waals surface area contributed by atoms with E-state index in [1.807, 2.05) is 30.3 Å². The van der Waals surface area contributed by atoms with Crippen molar-refractivity contribution in [3.05, 3.63) is 42.1 Å². The number of para-hydroxylation sites is 1. The first-order valence-corrected chi connectivity index (χ1v) is 7.11. The van der Waals surface area contributed by atoms with Crippen molar-refractivity contribution in [3.8, 4) is 0 Å². The van der Waals surface area contributed by atoms with Crippen molar-refractivity contribution < 1.29 is 9.59 Å². The average Bonchev–Trinajstić information content (AvgIpc) is 2.53. The molecule has 1 aromatic heterocycles. The molecule has 2 amide bonds. The number of rotatable bonds is 3. The first-order valence-electron chi connectivity index (χ1n) is 7.11. The number of carbonyl (C=O) groups excluding carboxylic acids is 2. The molecule has 1 unspecified atom stereocenters. The van der Waals surface area contributed by atoms with Crippen LogP contribution in [-0.2, 0) is 16.1 Å². The van der Waals surface area contributed by atoms with Gasteiger partial charge in [-0.2, -0.15) is 0 Å². The van der Waals surface area contributed by atoms with E-state index in [0.717, 1.165) is 16.5 Å². The van der Waals surface area contributed by atoms with Crippen LogP contribution in [0.15, 0.2) is 36.5 Å². The van der Waals surface area contributed by atoms with Crippen LogP contribution in [0.5, 0.6) is 0 Å². The smallest absolute Gasteiger partial charge is 0.225 e. The van der Waals surface area contributed by atoms with Gasteiger partial charge in [-0.15, -0.1) is 0 Å². The predicted molar refractivity (Wildman–Crippen MR) is 79.3 cm³/mol.